The molecule has 0 saturated carbocycles. The van der Waals surface area contributed by atoms with Gasteiger partial charge in [0.25, 0.3) is 0 Å². The molecular weight excluding hydrogens is 278 g/mol. The second kappa shape index (κ2) is 6.12. The Morgan fingerprint density at radius 2 is 1.52 bits per heavy atom. The number of nitrogens with zero attached hydrogens (tertiary/aromatic N) is 3. The van der Waals surface area contributed by atoms with E-state index in [1.54, 1.807) is 5.51 Å². The van der Waals surface area contributed by atoms with Crippen LogP contribution in [-0.2, 0) is 0 Å². The molecule has 100 valence electrons. The van der Waals surface area contributed by atoms with Crippen molar-refractivity contribution < 1.29 is 0 Å². The lowest BCUT2D eigenvalue weighted by Gasteiger charge is -2.06. The molecule has 3 rings (SSSR count). The fourth-order valence-corrected chi connectivity index (χ4v) is 2.60. The van der Waals surface area contributed by atoms with E-state index in [9.17, 15) is 0 Å². The number of aromatic nitrogens is 1. The third kappa shape index (κ3) is 2.88. The van der Waals surface area contributed by atoms with Gasteiger partial charge in [0.1, 0.15) is 6.07 Å². The van der Waals surface area contributed by atoms with E-state index >= 15 is 0 Å². The molecule has 0 spiro atoms. The number of aliphatic imine (C=N–C) groups is 1. The Bertz CT molecular complexity index is 757. The van der Waals surface area contributed by atoms with E-state index in [0.717, 1.165) is 16.8 Å². The Morgan fingerprint density at radius 1 is 0.952 bits per heavy atom. The molecule has 0 saturated heterocycles. The normalized spacial score (nSPS) is 9.86. The number of nitriles is 1. The maximum atomic E-state index is 9.09. The maximum absolute atomic E-state index is 9.09. The fraction of sp³-hybridized carbons (Fsp3) is 0. The first kappa shape index (κ1) is 13.2. The van der Waals surface area contributed by atoms with Crippen LogP contribution >= 0.6 is 11.3 Å². The Hall–Kier alpha value is -2.77. The predicted octanol–water partition coefficient (Wildman–Crippen LogP) is 4.18. The van der Waals surface area contributed by atoms with Gasteiger partial charge in [-0.1, -0.05) is 60.7 Å². The van der Waals surface area contributed by atoms with Crippen LogP contribution in [0, 0.1) is 11.3 Å². The smallest absolute Gasteiger partial charge is 0.177 e. The standard InChI is InChI=1S/C17H11N3S/c18-11-15-17(21-12-19-15)20-16(13-7-3-1-4-8-13)14-9-5-2-6-10-14/h1-10,12H. The van der Waals surface area contributed by atoms with E-state index in [2.05, 4.69) is 16.0 Å². The Kier molecular flexibility index (Phi) is 3.85. The summed E-state index contributed by atoms with van der Waals surface area (Å²) < 4.78 is 0. The largest absolute Gasteiger partial charge is 0.234 e. The molecule has 3 nitrogen and oxygen atoms in total. The molecule has 0 N–H and O–H groups in total. The van der Waals surface area contributed by atoms with Gasteiger partial charge in [0.15, 0.2) is 10.7 Å². The zero-order valence-electron chi connectivity index (χ0n) is 11.1. The number of rotatable bonds is 3. The summed E-state index contributed by atoms with van der Waals surface area (Å²) in [6.07, 6.45) is 0. The summed E-state index contributed by atoms with van der Waals surface area (Å²) in [6.45, 7) is 0. The van der Waals surface area contributed by atoms with Gasteiger partial charge in [-0.2, -0.15) is 5.26 Å². The van der Waals surface area contributed by atoms with Gasteiger partial charge in [-0.3, -0.25) is 0 Å². The minimum absolute atomic E-state index is 0.365. The highest BCUT2D eigenvalue weighted by molar-refractivity contribution is 7.13. The minimum atomic E-state index is 0.365. The average Bonchev–Trinajstić information content (AvgIpc) is 3.01. The van der Waals surface area contributed by atoms with Crippen LogP contribution in [0.5, 0.6) is 0 Å². The van der Waals surface area contributed by atoms with Gasteiger partial charge in [0, 0.05) is 11.1 Å². The summed E-state index contributed by atoms with van der Waals surface area (Å²) in [5.74, 6) is 0. The quantitative estimate of drug-likeness (QED) is 0.679. The van der Waals surface area contributed by atoms with Gasteiger partial charge in [-0.05, 0) is 0 Å². The summed E-state index contributed by atoms with van der Waals surface area (Å²) in [7, 11) is 0. The molecule has 0 radical (unpaired) electrons. The zero-order chi connectivity index (χ0) is 14.5. The number of hydrogen-bond donors (Lipinski definition) is 0. The lowest BCUT2D eigenvalue weighted by Crippen LogP contribution is -2.02. The van der Waals surface area contributed by atoms with Crippen molar-refractivity contribution in [1.82, 2.24) is 4.98 Å². The molecule has 0 amide bonds. The summed E-state index contributed by atoms with van der Waals surface area (Å²) in [6, 6.07) is 22.0. The van der Waals surface area contributed by atoms with Crippen LogP contribution in [0.3, 0.4) is 0 Å². The van der Waals surface area contributed by atoms with E-state index in [1.165, 1.54) is 11.3 Å². The van der Waals surface area contributed by atoms with Gasteiger partial charge in [-0.15, -0.1) is 11.3 Å². The first-order valence-corrected chi connectivity index (χ1v) is 7.29. The average molecular weight is 289 g/mol. The minimum Gasteiger partial charge on any atom is -0.234 e. The molecule has 1 heterocycles. The molecule has 1 aromatic heterocycles. The van der Waals surface area contributed by atoms with Crippen LogP contribution in [0.2, 0.25) is 0 Å². The van der Waals surface area contributed by atoms with Gasteiger partial charge < -0.3 is 0 Å². The van der Waals surface area contributed by atoms with Crippen LogP contribution in [0.15, 0.2) is 71.2 Å². The SMILES string of the molecule is N#Cc1ncsc1N=C(c1ccccc1)c1ccccc1. The Balaban J connectivity index is 2.16. The van der Waals surface area contributed by atoms with Crippen molar-refractivity contribution in [2.75, 3.05) is 0 Å². The predicted molar refractivity (Wildman–Crippen MR) is 85.0 cm³/mol. The number of hydrogen-bond acceptors (Lipinski definition) is 4. The highest BCUT2D eigenvalue weighted by Gasteiger charge is 2.10. The van der Waals surface area contributed by atoms with E-state index in [1.807, 2.05) is 60.7 Å². The van der Waals surface area contributed by atoms with Crippen molar-refractivity contribution in [3.05, 3.63) is 83.0 Å². The fourth-order valence-electron chi connectivity index (χ4n) is 1.99. The summed E-state index contributed by atoms with van der Waals surface area (Å²) >= 11 is 1.37. The van der Waals surface area contributed by atoms with Crippen LogP contribution in [0.4, 0.5) is 5.00 Å². The van der Waals surface area contributed by atoms with E-state index in [0.29, 0.717) is 10.7 Å². The van der Waals surface area contributed by atoms with Gasteiger partial charge >= 0.3 is 0 Å². The Labute approximate surface area is 126 Å². The molecule has 4 heteroatoms. The third-order valence-corrected chi connectivity index (χ3v) is 3.68. The third-order valence-electron chi connectivity index (χ3n) is 2.96. The molecule has 0 aliphatic rings. The summed E-state index contributed by atoms with van der Waals surface area (Å²) in [5, 5.41) is 9.73. The van der Waals surface area contributed by atoms with Crippen molar-refractivity contribution in [3.63, 3.8) is 0 Å². The van der Waals surface area contributed by atoms with E-state index in [4.69, 9.17) is 5.26 Å². The second-order valence-corrected chi connectivity index (χ2v) is 5.14. The topological polar surface area (TPSA) is 49.0 Å². The lowest BCUT2D eigenvalue weighted by atomic mass is 10.0. The molecule has 0 fully saturated rings. The zero-order valence-corrected chi connectivity index (χ0v) is 11.9. The molecule has 3 aromatic rings. The van der Waals surface area contributed by atoms with Crippen LogP contribution < -0.4 is 0 Å². The first-order valence-electron chi connectivity index (χ1n) is 6.41. The molecule has 0 atom stereocenters. The molecule has 2 aromatic carbocycles. The molecule has 21 heavy (non-hydrogen) atoms. The molecule has 0 aliphatic heterocycles. The van der Waals surface area contributed by atoms with E-state index < -0.39 is 0 Å². The summed E-state index contributed by atoms with van der Waals surface area (Å²) in [4.78, 5) is 8.71. The van der Waals surface area contributed by atoms with Crippen molar-refractivity contribution in [3.8, 4) is 6.07 Å². The number of thiazole rings is 1. The highest BCUT2D eigenvalue weighted by atomic mass is 32.1. The van der Waals surface area contributed by atoms with Crippen LogP contribution in [0.1, 0.15) is 16.8 Å². The first-order chi connectivity index (χ1) is 10.4. The monoisotopic (exact) mass is 289 g/mol. The molecular formula is C17H11N3S. The highest BCUT2D eigenvalue weighted by Crippen LogP contribution is 2.25. The summed E-state index contributed by atoms with van der Waals surface area (Å²) in [5.41, 5.74) is 4.88. The van der Waals surface area contributed by atoms with Crippen molar-refractivity contribution in [2.24, 2.45) is 4.99 Å². The van der Waals surface area contributed by atoms with Gasteiger partial charge in [0.05, 0.1) is 11.2 Å². The van der Waals surface area contributed by atoms with Crippen LogP contribution in [-0.4, -0.2) is 10.7 Å². The van der Waals surface area contributed by atoms with Crippen molar-refractivity contribution in [2.45, 2.75) is 0 Å². The van der Waals surface area contributed by atoms with Crippen molar-refractivity contribution >= 4 is 22.0 Å². The Morgan fingerprint density at radius 3 is 2.05 bits per heavy atom. The molecule has 0 bridgehead atoms. The van der Waals surface area contributed by atoms with Crippen LogP contribution in [0.25, 0.3) is 0 Å². The van der Waals surface area contributed by atoms with Gasteiger partial charge in [-0.25, -0.2) is 9.98 Å². The van der Waals surface area contributed by atoms with E-state index in [-0.39, 0.29) is 0 Å². The number of benzene rings is 2. The molecule has 0 unspecified atom stereocenters. The second-order valence-electron chi connectivity index (χ2n) is 4.31. The molecule has 0 aliphatic carbocycles. The lowest BCUT2D eigenvalue weighted by molar-refractivity contribution is 1.32. The van der Waals surface area contributed by atoms with Gasteiger partial charge in [0.2, 0.25) is 0 Å². The maximum Gasteiger partial charge on any atom is 0.177 e. The van der Waals surface area contributed by atoms with Crippen molar-refractivity contribution in [1.29, 1.82) is 5.26 Å².